The summed E-state index contributed by atoms with van der Waals surface area (Å²) >= 11 is 1.39. The number of halogens is 2. The van der Waals surface area contributed by atoms with Crippen LogP contribution in [0.2, 0.25) is 0 Å². The zero-order chi connectivity index (χ0) is 18.1. The summed E-state index contributed by atoms with van der Waals surface area (Å²) in [6.07, 6.45) is 1.71. The van der Waals surface area contributed by atoms with Gasteiger partial charge in [-0.05, 0) is 43.2 Å². The Morgan fingerprint density at radius 1 is 1.23 bits per heavy atom. The Labute approximate surface area is 153 Å². The summed E-state index contributed by atoms with van der Waals surface area (Å²) in [5, 5.41) is 0.524. The summed E-state index contributed by atoms with van der Waals surface area (Å²) in [6.45, 7) is 0.995. The summed E-state index contributed by atoms with van der Waals surface area (Å²) in [5.74, 6) is -2.44. The van der Waals surface area contributed by atoms with Crippen molar-refractivity contribution in [1.29, 1.82) is 0 Å². The molecule has 1 saturated heterocycles. The van der Waals surface area contributed by atoms with Crippen LogP contribution >= 0.6 is 11.3 Å². The van der Waals surface area contributed by atoms with E-state index in [-0.39, 0.29) is 11.7 Å². The molecule has 0 saturated carbocycles. The maximum absolute atomic E-state index is 13.6. The fourth-order valence-corrected chi connectivity index (χ4v) is 3.97. The second-order valence-electron chi connectivity index (χ2n) is 6.14. The van der Waals surface area contributed by atoms with Crippen molar-refractivity contribution < 1.29 is 18.3 Å². The lowest BCUT2D eigenvalue weighted by Crippen LogP contribution is -2.37. The van der Waals surface area contributed by atoms with Gasteiger partial charge in [-0.2, -0.15) is 0 Å². The molecule has 4 nitrogen and oxygen atoms in total. The number of anilines is 1. The van der Waals surface area contributed by atoms with E-state index >= 15 is 0 Å². The van der Waals surface area contributed by atoms with E-state index in [1.807, 2.05) is 24.3 Å². The molecule has 1 fully saturated rings. The van der Waals surface area contributed by atoms with Crippen LogP contribution in [0.15, 0.2) is 42.5 Å². The highest BCUT2D eigenvalue weighted by atomic mass is 32.1. The van der Waals surface area contributed by atoms with E-state index in [2.05, 4.69) is 4.98 Å². The van der Waals surface area contributed by atoms with Crippen LogP contribution in [0.4, 0.5) is 13.9 Å². The standard InChI is InChI=1S/C19H16F2N2O2S/c20-14-8-7-12(10-15(14)21)18(24)23(11-13-4-3-9-25-13)19-22-16-5-1-2-6-17(16)26-19/h1-2,5-8,10,13H,3-4,9,11H2. The van der Waals surface area contributed by atoms with Crippen LogP contribution in [0, 0.1) is 11.6 Å². The number of ether oxygens (including phenoxy) is 1. The Morgan fingerprint density at radius 3 is 2.81 bits per heavy atom. The molecule has 1 aromatic heterocycles. The number of fused-ring (bicyclic) bond motifs is 1. The van der Waals surface area contributed by atoms with E-state index in [1.54, 1.807) is 0 Å². The zero-order valence-electron chi connectivity index (χ0n) is 13.8. The average molecular weight is 374 g/mol. The Balaban J connectivity index is 1.71. The first kappa shape index (κ1) is 17.1. The Morgan fingerprint density at radius 2 is 2.08 bits per heavy atom. The number of thiazole rings is 1. The van der Waals surface area contributed by atoms with Gasteiger partial charge in [0.25, 0.3) is 5.91 Å². The van der Waals surface area contributed by atoms with Crippen LogP contribution in [0.3, 0.4) is 0 Å². The van der Waals surface area contributed by atoms with Crippen LogP contribution in [0.5, 0.6) is 0 Å². The van der Waals surface area contributed by atoms with Crippen molar-refractivity contribution in [3.05, 3.63) is 59.7 Å². The largest absolute Gasteiger partial charge is 0.376 e. The van der Waals surface area contributed by atoms with Crippen molar-refractivity contribution in [2.75, 3.05) is 18.1 Å². The fourth-order valence-electron chi connectivity index (χ4n) is 3.00. The summed E-state index contributed by atoms with van der Waals surface area (Å²) in [5.41, 5.74) is 0.879. The number of hydrogen-bond donors (Lipinski definition) is 0. The van der Waals surface area contributed by atoms with Crippen molar-refractivity contribution in [3.8, 4) is 0 Å². The van der Waals surface area contributed by atoms with E-state index < -0.39 is 17.5 Å². The van der Waals surface area contributed by atoms with Crippen LogP contribution < -0.4 is 4.90 Å². The lowest BCUT2D eigenvalue weighted by Gasteiger charge is -2.23. The molecule has 0 N–H and O–H groups in total. The normalized spacial score (nSPS) is 16.9. The minimum atomic E-state index is -1.04. The number of rotatable bonds is 4. The maximum atomic E-state index is 13.6. The highest BCUT2D eigenvalue weighted by molar-refractivity contribution is 7.22. The third-order valence-electron chi connectivity index (χ3n) is 4.34. The molecule has 4 rings (SSSR count). The number of aromatic nitrogens is 1. The quantitative estimate of drug-likeness (QED) is 0.680. The first-order valence-corrected chi connectivity index (χ1v) is 9.17. The third-order valence-corrected chi connectivity index (χ3v) is 5.39. The molecule has 2 heterocycles. The van der Waals surface area contributed by atoms with Gasteiger partial charge in [0.2, 0.25) is 0 Å². The number of amides is 1. The molecule has 1 atom stereocenters. The minimum Gasteiger partial charge on any atom is -0.376 e. The molecular formula is C19H16F2N2O2S. The fraction of sp³-hybridized carbons (Fsp3) is 0.263. The molecule has 26 heavy (non-hydrogen) atoms. The molecule has 1 amide bonds. The second-order valence-corrected chi connectivity index (χ2v) is 7.15. The van der Waals surface area contributed by atoms with Gasteiger partial charge in [-0.15, -0.1) is 0 Å². The molecule has 0 spiro atoms. The van der Waals surface area contributed by atoms with Crippen molar-refractivity contribution in [1.82, 2.24) is 4.98 Å². The van der Waals surface area contributed by atoms with Crippen molar-refractivity contribution in [2.24, 2.45) is 0 Å². The summed E-state index contributed by atoms with van der Waals surface area (Å²) in [4.78, 5) is 19.1. The molecule has 3 aromatic rings. The molecule has 7 heteroatoms. The lowest BCUT2D eigenvalue weighted by atomic mass is 10.1. The van der Waals surface area contributed by atoms with Gasteiger partial charge in [0.1, 0.15) is 0 Å². The van der Waals surface area contributed by atoms with Crippen molar-refractivity contribution in [2.45, 2.75) is 18.9 Å². The van der Waals surface area contributed by atoms with Gasteiger partial charge in [-0.3, -0.25) is 9.69 Å². The number of para-hydroxylation sites is 1. The number of hydrogen-bond acceptors (Lipinski definition) is 4. The Hall–Kier alpha value is -2.38. The summed E-state index contributed by atoms with van der Waals surface area (Å²) in [6, 6.07) is 10.8. The second kappa shape index (κ2) is 7.09. The lowest BCUT2D eigenvalue weighted by molar-refractivity contribution is 0.0917. The minimum absolute atomic E-state index is 0.0844. The van der Waals surface area contributed by atoms with Gasteiger partial charge in [0.15, 0.2) is 16.8 Å². The maximum Gasteiger partial charge on any atom is 0.260 e. The zero-order valence-corrected chi connectivity index (χ0v) is 14.6. The molecule has 1 aliphatic rings. The van der Waals surface area contributed by atoms with Gasteiger partial charge in [-0.25, -0.2) is 13.8 Å². The number of carbonyl (C=O) groups excluding carboxylic acids is 1. The highest BCUT2D eigenvalue weighted by Gasteiger charge is 2.27. The predicted molar refractivity (Wildman–Crippen MR) is 96.6 cm³/mol. The smallest absolute Gasteiger partial charge is 0.260 e. The molecular weight excluding hydrogens is 358 g/mol. The SMILES string of the molecule is O=C(c1ccc(F)c(F)c1)N(CC1CCCO1)c1nc2ccccc2s1. The summed E-state index contributed by atoms with van der Waals surface area (Å²) in [7, 11) is 0. The van der Waals surface area contributed by atoms with Gasteiger partial charge >= 0.3 is 0 Å². The van der Waals surface area contributed by atoms with Crippen LogP contribution in [-0.4, -0.2) is 30.1 Å². The van der Waals surface area contributed by atoms with Gasteiger partial charge in [0.05, 0.1) is 22.9 Å². The number of carbonyl (C=O) groups is 1. The van der Waals surface area contributed by atoms with Crippen LogP contribution in [-0.2, 0) is 4.74 Å². The van der Waals surface area contributed by atoms with Gasteiger partial charge < -0.3 is 4.74 Å². The van der Waals surface area contributed by atoms with E-state index in [0.29, 0.717) is 18.3 Å². The first-order chi connectivity index (χ1) is 12.6. The highest BCUT2D eigenvalue weighted by Crippen LogP contribution is 2.31. The molecule has 0 radical (unpaired) electrons. The Kier molecular flexibility index (Phi) is 4.65. The van der Waals surface area contributed by atoms with E-state index in [0.717, 1.165) is 35.2 Å². The van der Waals surface area contributed by atoms with E-state index in [1.165, 1.54) is 22.3 Å². The van der Waals surface area contributed by atoms with Crippen molar-refractivity contribution in [3.63, 3.8) is 0 Å². The van der Waals surface area contributed by atoms with E-state index in [4.69, 9.17) is 4.74 Å². The topological polar surface area (TPSA) is 42.4 Å². The van der Waals surface area contributed by atoms with Gasteiger partial charge in [-0.1, -0.05) is 23.5 Å². The molecule has 0 bridgehead atoms. The van der Waals surface area contributed by atoms with Crippen molar-refractivity contribution >= 4 is 32.6 Å². The van der Waals surface area contributed by atoms with Crippen LogP contribution in [0.1, 0.15) is 23.2 Å². The molecule has 134 valence electrons. The number of nitrogens with zero attached hydrogens (tertiary/aromatic N) is 2. The van der Waals surface area contributed by atoms with E-state index in [9.17, 15) is 13.6 Å². The monoisotopic (exact) mass is 374 g/mol. The first-order valence-electron chi connectivity index (χ1n) is 8.36. The van der Waals surface area contributed by atoms with Gasteiger partial charge in [0, 0.05) is 12.2 Å². The molecule has 1 aliphatic heterocycles. The Bertz CT molecular complexity index is 921. The molecule has 0 aliphatic carbocycles. The molecule has 1 unspecified atom stereocenters. The average Bonchev–Trinajstić information content (AvgIpc) is 3.30. The predicted octanol–water partition coefficient (Wildman–Crippen LogP) is 4.40. The molecule has 2 aromatic carbocycles. The van der Waals surface area contributed by atoms with Crippen LogP contribution in [0.25, 0.3) is 10.2 Å². The number of benzene rings is 2. The summed E-state index contributed by atoms with van der Waals surface area (Å²) < 4.78 is 33.4. The third kappa shape index (κ3) is 3.32.